The number of carbonyl (C=O) groups is 1. The Kier molecular flexibility index (Phi) is 5.33. The van der Waals surface area contributed by atoms with Gasteiger partial charge in [0.05, 0.1) is 24.0 Å². The quantitative estimate of drug-likeness (QED) is 0.513. The smallest absolute Gasteiger partial charge is 0.271 e. The molecule has 0 aliphatic rings. The van der Waals surface area contributed by atoms with Crippen LogP contribution in [0.1, 0.15) is 0 Å². The molecule has 0 aliphatic heterocycles. The summed E-state index contributed by atoms with van der Waals surface area (Å²) in [6, 6.07) is 16.6. The van der Waals surface area contributed by atoms with E-state index in [1.165, 1.54) is 29.3 Å². The number of anilines is 1. The van der Waals surface area contributed by atoms with Gasteiger partial charge in [-0.15, -0.1) is 11.3 Å². The van der Waals surface area contributed by atoms with Crippen molar-refractivity contribution in [2.45, 2.75) is 6.54 Å². The van der Waals surface area contributed by atoms with E-state index in [4.69, 9.17) is 16.3 Å². The van der Waals surface area contributed by atoms with Crippen LogP contribution in [-0.4, -0.2) is 22.6 Å². The third kappa shape index (κ3) is 4.01. The minimum absolute atomic E-state index is 0.149. The van der Waals surface area contributed by atoms with Crippen molar-refractivity contribution < 1.29 is 9.53 Å². The molecule has 4 aromatic rings. The van der Waals surface area contributed by atoms with E-state index in [1.54, 1.807) is 18.2 Å². The number of amides is 1. The lowest BCUT2D eigenvalue weighted by molar-refractivity contribution is -0.116. The van der Waals surface area contributed by atoms with E-state index in [0.717, 1.165) is 10.4 Å². The Labute approximate surface area is 175 Å². The summed E-state index contributed by atoms with van der Waals surface area (Å²) in [7, 11) is 1.52. The Hall–Kier alpha value is -3.16. The molecule has 6 nitrogen and oxygen atoms in total. The average molecular weight is 426 g/mol. The third-order valence-corrected chi connectivity index (χ3v) is 5.77. The summed E-state index contributed by atoms with van der Waals surface area (Å²) in [4.78, 5) is 30.5. The zero-order valence-electron chi connectivity index (χ0n) is 15.4. The lowest BCUT2D eigenvalue weighted by Crippen LogP contribution is -2.27. The minimum Gasteiger partial charge on any atom is -0.495 e. The number of thiophene rings is 1. The summed E-state index contributed by atoms with van der Waals surface area (Å²) in [5.41, 5.74) is 1.92. The number of hydrogen-bond acceptors (Lipinski definition) is 5. The first-order valence-electron chi connectivity index (χ1n) is 8.73. The van der Waals surface area contributed by atoms with Gasteiger partial charge in [-0.05, 0) is 29.8 Å². The molecule has 1 amide bonds. The molecule has 2 aromatic carbocycles. The number of nitrogens with one attached hydrogen (secondary N) is 1. The molecular weight excluding hydrogens is 410 g/mol. The normalized spacial score (nSPS) is 10.8. The molecule has 0 saturated heterocycles. The monoisotopic (exact) mass is 425 g/mol. The largest absolute Gasteiger partial charge is 0.495 e. The van der Waals surface area contributed by atoms with Crippen LogP contribution in [-0.2, 0) is 11.3 Å². The highest BCUT2D eigenvalue weighted by Crippen LogP contribution is 2.30. The van der Waals surface area contributed by atoms with Crippen LogP contribution in [0.4, 0.5) is 5.69 Å². The Morgan fingerprint density at radius 1 is 1.21 bits per heavy atom. The van der Waals surface area contributed by atoms with Gasteiger partial charge in [0.1, 0.15) is 17.0 Å². The van der Waals surface area contributed by atoms with E-state index in [-0.39, 0.29) is 18.0 Å². The first-order valence-corrected chi connectivity index (χ1v) is 9.92. The number of methoxy groups -OCH3 is 1. The molecule has 0 radical (unpaired) electrons. The SMILES string of the molecule is COc1ccc(NC(=O)Cn2cnc3cc(-c4ccccc4)sc3c2=O)cc1Cl. The van der Waals surface area contributed by atoms with Crippen LogP contribution in [0.3, 0.4) is 0 Å². The standard InChI is InChI=1S/C21H16ClN3O3S/c1-28-17-8-7-14(9-15(17)22)24-19(26)11-25-12-23-16-10-18(29-20(16)21(25)27)13-5-3-2-4-6-13/h2-10,12H,11H2,1H3,(H,24,26). The molecule has 8 heteroatoms. The van der Waals surface area contributed by atoms with Crippen LogP contribution in [0.25, 0.3) is 20.7 Å². The predicted molar refractivity (Wildman–Crippen MR) is 116 cm³/mol. The number of nitrogens with zero attached hydrogens (tertiary/aromatic N) is 2. The summed E-state index contributed by atoms with van der Waals surface area (Å²) in [6.07, 6.45) is 1.40. The second-order valence-electron chi connectivity index (χ2n) is 6.27. The van der Waals surface area contributed by atoms with Gasteiger partial charge in [0.2, 0.25) is 5.91 Å². The van der Waals surface area contributed by atoms with Gasteiger partial charge in [0, 0.05) is 10.6 Å². The highest BCUT2D eigenvalue weighted by Gasteiger charge is 2.13. The van der Waals surface area contributed by atoms with Crippen molar-refractivity contribution in [3.8, 4) is 16.2 Å². The maximum atomic E-state index is 12.8. The van der Waals surface area contributed by atoms with E-state index >= 15 is 0 Å². The molecule has 0 bridgehead atoms. The average Bonchev–Trinajstić information content (AvgIpc) is 3.16. The summed E-state index contributed by atoms with van der Waals surface area (Å²) in [5, 5.41) is 3.11. The molecule has 146 valence electrons. The molecule has 0 atom stereocenters. The van der Waals surface area contributed by atoms with Gasteiger partial charge < -0.3 is 10.1 Å². The topological polar surface area (TPSA) is 73.2 Å². The third-order valence-electron chi connectivity index (χ3n) is 4.31. The summed E-state index contributed by atoms with van der Waals surface area (Å²) in [5.74, 6) is 0.164. The zero-order chi connectivity index (χ0) is 20.4. The van der Waals surface area contributed by atoms with Crippen LogP contribution in [0.2, 0.25) is 5.02 Å². The van der Waals surface area contributed by atoms with Crippen LogP contribution in [0.5, 0.6) is 5.75 Å². The van der Waals surface area contributed by atoms with Crippen LogP contribution in [0.15, 0.2) is 65.7 Å². The van der Waals surface area contributed by atoms with Gasteiger partial charge in [-0.2, -0.15) is 0 Å². The summed E-state index contributed by atoms with van der Waals surface area (Å²) < 4.78 is 6.91. The van der Waals surface area contributed by atoms with Crippen molar-refractivity contribution in [3.05, 3.63) is 76.3 Å². The summed E-state index contributed by atoms with van der Waals surface area (Å²) >= 11 is 7.45. The van der Waals surface area contributed by atoms with Crippen molar-refractivity contribution >= 4 is 44.7 Å². The van der Waals surface area contributed by atoms with Crippen LogP contribution >= 0.6 is 22.9 Å². The fraction of sp³-hybridized carbons (Fsp3) is 0.0952. The number of fused-ring (bicyclic) bond motifs is 1. The van der Waals surface area contributed by atoms with Gasteiger partial charge in [-0.25, -0.2) is 4.98 Å². The highest BCUT2D eigenvalue weighted by atomic mass is 35.5. The number of ether oxygens (including phenoxy) is 1. The lowest BCUT2D eigenvalue weighted by atomic mass is 10.2. The Morgan fingerprint density at radius 2 is 2.00 bits per heavy atom. The number of carbonyl (C=O) groups excluding carboxylic acids is 1. The van der Waals surface area contributed by atoms with Gasteiger partial charge >= 0.3 is 0 Å². The number of hydrogen-bond donors (Lipinski definition) is 1. The number of aromatic nitrogens is 2. The second-order valence-corrected chi connectivity index (χ2v) is 7.73. The first-order chi connectivity index (χ1) is 14.0. The lowest BCUT2D eigenvalue weighted by Gasteiger charge is -2.09. The van der Waals surface area contributed by atoms with Crippen molar-refractivity contribution in [2.24, 2.45) is 0 Å². The van der Waals surface area contributed by atoms with E-state index < -0.39 is 0 Å². The molecule has 0 fully saturated rings. The second kappa shape index (κ2) is 8.06. The van der Waals surface area contributed by atoms with Crippen molar-refractivity contribution in [3.63, 3.8) is 0 Å². The van der Waals surface area contributed by atoms with Crippen LogP contribution in [0, 0.1) is 0 Å². The predicted octanol–water partition coefficient (Wildman–Crippen LogP) is 4.43. The highest BCUT2D eigenvalue weighted by molar-refractivity contribution is 7.22. The minimum atomic E-state index is -0.352. The molecular formula is C21H16ClN3O3S. The van der Waals surface area contributed by atoms with E-state index in [0.29, 0.717) is 26.7 Å². The fourth-order valence-electron chi connectivity index (χ4n) is 2.90. The maximum absolute atomic E-state index is 12.8. The number of benzene rings is 2. The summed E-state index contributed by atoms with van der Waals surface area (Å²) in [6.45, 7) is -0.149. The molecule has 0 saturated carbocycles. The zero-order valence-corrected chi connectivity index (χ0v) is 17.0. The fourth-order valence-corrected chi connectivity index (χ4v) is 4.22. The molecule has 0 spiro atoms. The number of rotatable bonds is 5. The molecule has 2 heterocycles. The van der Waals surface area contributed by atoms with E-state index in [2.05, 4.69) is 10.3 Å². The Bertz CT molecular complexity index is 1250. The van der Waals surface area contributed by atoms with Crippen molar-refractivity contribution in [1.29, 1.82) is 0 Å². The Morgan fingerprint density at radius 3 is 2.72 bits per heavy atom. The van der Waals surface area contributed by atoms with Gasteiger partial charge in [-0.3, -0.25) is 14.2 Å². The van der Waals surface area contributed by atoms with Gasteiger partial charge in [0.15, 0.2) is 0 Å². The first kappa shape index (κ1) is 19.2. The molecule has 0 aliphatic carbocycles. The van der Waals surface area contributed by atoms with E-state index in [1.807, 2.05) is 36.4 Å². The van der Waals surface area contributed by atoms with Crippen LogP contribution < -0.4 is 15.6 Å². The van der Waals surface area contributed by atoms with Crippen molar-refractivity contribution in [1.82, 2.24) is 9.55 Å². The molecule has 1 N–H and O–H groups in total. The molecule has 2 aromatic heterocycles. The Balaban J connectivity index is 1.56. The number of halogens is 1. The van der Waals surface area contributed by atoms with E-state index in [9.17, 15) is 9.59 Å². The molecule has 29 heavy (non-hydrogen) atoms. The maximum Gasteiger partial charge on any atom is 0.271 e. The molecule has 4 rings (SSSR count). The van der Waals surface area contributed by atoms with Gasteiger partial charge in [0.25, 0.3) is 5.56 Å². The van der Waals surface area contributed by atoms with Crippen molar-refractivity contribution in [2.75, 3.05) is 12.4 Å². The van der Waals surface area contributed by atoms with Gasteiger partial charge in [-0.1, -0.05) is 41.9 Å². The molecule has 0 unspecified atom stereocenters.